The van der Waals surface area contributed by atoms with Gasteiger partial charge in [-0.25, -0.2) is 4.39 Å². The summed E-state index contributed by atoms with van der Waals surface area (Å²) in [5, 5.41) is 22.0. The predicted molar refractivity (Wildman–Crippen MR) is 88.0 cm³/mol. The van der Waals surface area contributed by atoms with Crippen LogP contribution in [0.5, 0.6) is 0 Å². The molecule has 0 aromatic heterocycles. The van der Waals surface area contributed by atoms with Crippen molar-refractivity contribution in [2.75, 3.05) is 23.3 Å². The van der Waals surface area contributed by atoms with Gasteiger partial charge in [0.15, 0.2) is 0 Å². The lowest BCUT2D eigenvalue weighted by Gasteiger charge is -2.27. The van der Waals surface area contributed by atoms with Gasteiger partial charge in [0.25, 0.3) is 0 Å². The van der Waals surface area contributed by atoms with Gasteiger partial charge in [0.05, 0.1) is 29.1 Å². The molecule has 6 heteroatoms. The van der Waals surface area contributed by atoms with E-state index >= 15 is 0 Å². The van der Waals surface area contributed by atoms with Gasteiger partial charge in [-0.15, -0.1) is 0 Å². The van der Waals surface area contributed by atoms with Gasteiger partial charge in [-0.2, -0.15) is 5.26 Å². The summed E-state index contributed by atoms with van der Waals surface area (Å²) in [6, 6.07) is 12.9. The average Bonchev–Trinajstić information content (AvgIpc) is 2.73. The molecule has 2 N–H and O–H groups in total. The molecule has 0 bridgehead atoms. The summed E-state index contributed by atoms with van der Waals surface area (Å²) >= 11 is 0. The molecule has 0 fully saturated rings. The van der Waals surface area contributed by atoms with Crippen molar-refractivity contribution < 1.29 is 14.3 Å². The summed E-state index contributed by atoms with van der Waals surface area (Å²) in [5.41, 5.74) is 2.29. The Kier molecular flexibility index (Phi) is 4.45. The number of rotatable bonds is 3. The number of amides is 1. The van der Waals surface area contributed by atoms with Crippen LogP contribution in [-0.2, 0) is 4.79 Å². The number of carbonyl (C=O) groups is 1. The highest BCUT2D eigenvalue weighted by Gasteiger charge is 2.22. The molecule has 1 amide bonds. The lowest BCUT2D eigenvalue weighted by molar-refractivity contribution is -0.116. The number of β-amino-alcohol motifs (C(OH)–C–C–N with tert-alkyl or cyclic N) is 1. The van der Waals surface area contributed by atoms with Gasteiger partial charge >= 0.3 is 0 Å². The molecule has 2 aromatic rings. The number of nitrogens with one attached hydrogen (secondary N) is 1. The highest BCUT2D eigenvalue weighted by atomic mass is 19.1. The first-order valence-corrected chi connectivity index (χ1v) is 7.59. The van der Waals surface area contributed by atoms with Crippen molar-refractivity contribution in [3.8, 4) is 6.07 Å². The van der Waals surface area contributed by atoms with Gasteiger partial charge in [-0.05, 0) is 35.9 Å². The number of fused-ring (bicyclic) bond motifs is 1. The van der Waals surface area contributed by atoms with Crippen molar-refractivity contribution in [1.29, 1.82) is 5.26 Å². The van der Waals surface area contributed by atoms with Crippen LogP contribution in [0.15, 0.2) is 42.5 Å². The number of halogens is 1. The Morgan fingerprint density at radius 3 is 2.75 bits per heavy atom. The fraction of sp³-hybridized carbons (Fsp3) is 0.222. The van der Waals surface area contributed by atoms with Crippen LogP contribution in [0, 0.1) is 17.1 Å². The second kappa shape index (κ2) is 6.69. The number of anilines is 2. The van der Waals surface area contributed by atoms with Crippen LogP contribution >= 0.6 is 0 Å². The van der Waals surface area contributed by atoms with Crippen molar-refractivity contribution >= 4 is 17.3 Å². The number of hydrogen-bond donors (Lipinski definition) is 2. The van der Waals surface area contributed by atoms with Crippen LogP contribution in [0.25, 0.3) is 0 Å². The second-order valence-electron chi connectivity index (χ2n) is 5.66. The van der Waals surface area contributed by atoms with Gasteiger partial charge in [-0.1, -0.05) is 12.1 Å². The molecule has 2 aromatic carbocycles. The zero-order valence-electron chi connectivity index (χ0n) is 12.9. The van der Waals surface area contributed by atoms with E-state index in [0.29, 0.717) is 29.0 Å². The van der Waals surface area contributed by atoms with Crippen LogP contribution in [0.1, 0.15) is 23.7 Å². The minimum absolute atomic E-state index is 0.183. The molecule has 0 saturated carbocycles. The van der Waals surface area contributed by atoms with Crippen LogP contribution in [-0.4, -0.2) is 24.1 Å². The molecule has 0 spiro atoms. The monoisotopic (exact) mass is 325 g/mol. The molecule has 24 heavy (non-hydrogen) atoms. The molecule has 3 rings (SSSR count). The topological polar surface area (TPSA) is 76.4 Å². The normalized spacial score (nSPS) is 15.0. The number of nitrogens with zero attached hydrogens (tertiary/aromatic N) is 2. The number of hydrogen-bond acceptors (Lipinski definition) is 4. The van der Waals surface area contributed by atoms with E-state index in [1.165, 1.54) is 12.1 Å². The van der Waals surface area contributed by atoms with Gasteiger partial charge in [-0.3, -0.25) is 4.79 Å². The van der Waals surface area contributed by atoms with Gasteiger partial charge in [0.1, 0.15) is 5.82 Å². The maximum absolute atomic E-state index is 13.4. The second-order valence-corrected chi connectivity index (χ2v) is 5.66. The first-order chi connectivity index (χ1) is 11.6. The van der Waals surface area contributed by atoms with E-state index in [2.05, 4.69) is 5.32 Å². The molecular formula is C18H16FN3O2. The van der Waals surface area contributed by atoms with Crippen molar-refractivity contribution in [3.05, 3.63) is 59.4 Å². The third-order valence-electron chi connectivity index (χ3n) is 4.00. The van der Waals surface area contributed by atoms with Crippen LogP contribution in [0.4, 0.5) is 15.8 Å². The zero-order valence-corrected chi connectivity index (χ0v) is 12.9. The number of aliphatic hydroxyl groups excluding tert-OH is 1. The van der Waals surface area contributed by atoms with Crippen molar-refractivity contribution in [2.24, 2.45) is 0 Å². The molecule has 0 aliphatic carbocycles. The molecule has 1 heterocycles. The quantitative estimate of drug-likeness (QED) is 0.909. The minimum atomic E-state index is -0.788. The van der Waals surface area contributed by atoms with Gasteiger partial charge < -0.3 is 15.3 Å². The predicted octanol–water partition coefficient (Wildman–Crippen LogP) is 2.58. The third-order valence-corrected chi connectivity index (χ3v) is 4.00. The Labute approximate surface area is 138 Å². The molecule has 0 radical (unpaired) electrons. The number of aliphatic hydroxyl groups is 1. The van der Waals surface area contributed by atoms with Crippen molar-refractivity contribution in [1.82, 2.24) is 0 Å². The summed E-state index contributed by atoms with van der Waals surface area (Å²) in [6.45, 7) is 0.692. The Morgan fingerprint density at radius 1 is 1.29 bits per heavy atom. The Morgan fingerprint density at radius 2 is 2.04 bits per heavy atom. The lowest BCUT2D eigenvalue weighted by Crippen LogP contribution is -2.29. The fourth-order valence-corrected chi connectivity index (χ4v) is 2.74. The largest absolute Gasteiger partial charge is 0.387 e. The number of nitriles is 1. The summed E-state index contributed by atoms with van der Waals surface area (Å²) in [4.78, 5) is 13.6. The van der Waals surface area contributed by atoms with E-state index in [4.69, 9.17) is 5.26 Å². The van der Waals surface area contributed by atoms with Gasteiger partial charge in [0, 0.05) is 19.5 Å². The maximum Gasteiger partial charge on any atom is 0.226 e. The molecule has 5 nitrogen and oxygen atoms in total. The van der Waals surface area contributed by atoms with Crippen LogP contribution < -0.4 is 10.2 Å². The smallest absolute Gasteiger partial charge is 0.226 e. The lowest BCUT2D eigenvalue weighted by atomic mass is 10.1. The molecule has 1 aliphatic heterocycles. The summed E-state index contributed by atoms with van der Waals surface area (Å²) < 4.78 is 13.4. The Bertz CT molecular complexity index is 799. The molecular weight excluding hydrogens is 309 g/mol. The van der Waals surface area contributed by atoms with Crippen LogP contribution in [0.3, 0.4) is 0 Å². The Balaban J connectivity index is 1.83. The maximum atomic E-state index is 13.4. The van der Waals surface area contributed by atoms with Crippen LogP contribution in [0.2, 0.25) is 0 Å². The van der Waals surface area contributed by atoms with E-state index < -0.39 is 11.9 Å². The van der Waals surface area contributed by atoms with E-state index in [9.17, 15) is 14.3 Å². The minimum Gasteiger partial charge on any atom is -0.387 e. The summed E-state index contributed by atoms with van der Waals surface area (Å²) in [6.07, 6.45) is -0.528. The third kappa shape index (κ3) is 3.36. The molecule has 1 aliphatic rings. The SMILES string of the molecule is N#Cc1ccc(C(O)CN2CCC(=O)Nc3cc(F)ccc32)cc1. The van der Waals surface area contributed by atoms with Crippen molar-refractivity contribution in [2.45, 2.75) is 12.5 Å². The number of benzene rings is 2. The molecule has 122 valence electrons. The first kappa shape index (κ1) is 16.0. The number of carbonyl (C=O) groups excluding carboxylic acids is 1. The zero-order chi connectivity index (χ0) is 17.1. The Hall–Kier alpha value is -2.91. The van der Waals surface area contributed by atoms with E-state index in [-0.39, 0.29) is 18.9 Å². The molecule has 0 saturated heterocycles. The molecule has 1 unspecified atom stereocenters. The highest BCUT2D eigenvalue weighted by Crippen LogP contribution is 2.31. The van der Waals surface area contributed by atoms with E-state index in [0.717, 1.165) is 0 Å². The first-order valence-electron chi connectivity index (χ1n) is 7.59. The van der Waals surface area contributed by atoms with E-state index in [1.807, 2.05) is 11.0 Å². The van der Waals surface area contributed by atoms with E-state index in [1.54, 1.807) is 30.3 Å². The fourth-order valence-electron chi connectivity index (χ4n) is 2.74. The highest BCUT2D eigenvalue weighted by molar-refractivity contribution is 5.96. The average molecular weight is 325 g/mol. The molecule has 1 atom stereocenters. The summed E-state index contributed by atoms with van der Waals surface area (Å²) in [7, 11) is 0. The van der Waals surface area contributed by atoms with Crippen molar-refractivity contribution in [3.63, 3.8) is 0 Å². The standard InChI is InChI=1S/C18H16FN3O2/c19-14-5-6-16-15(9-14)21-18(24)7-8-22(16)11-17(23)13-3-1-12(10-20)2-4-13/h1-6,9,17,23H,7-8,11H2,(H,21,24). The van der Waals surface area contributed by atoms with Gasteiger partial charge in [0.2, 0.25) is 5.91 Å². The summed E-state index contributed by atoms with van der Waals surface area (Å²) in [5.74, 6) is -0.610.